The van der Waals surface area contributed by atoms with Crippen molar-refractivity contribution in [2.24, 2.45) is 5.73 Å². The summed E-state index contributed by atoms with van der Waals surface area (Å²) in [6.07, 6.45) is 0. The van der Waals surface area contributed by atoms with Crippen LogP contribution in [0, 0.1) is 0 Å². The summed E-state index contributed by atoms with van der Waals surface area (Å²) >= 11 is 1.37. The summed E-state index contributed by atoms with van der Waals surface area (Å²) in [5.74, 6) is 1.67. The number of nitrogens with one attached hydrogen (secondary N) is 1. The Morgan fingerprint density at radius 2 is 1.95 bits per heavy atom. The molecule has 0 amide bonds. The van der Waals surface area contributed by atoms with Crippen LogP contribution in [0.5, 0.6) is 5.75 Å². The molecule has 20 heavy (non-hydrogen) atoms. The van der Waals surface area contributed by atoms with Crippen molar-refractivity contribution < 1.29 is 4.74 Å². The average molecular weight is 292 g/mol. The van der Waals surface area contributed by atoms with Gasteiger partial charge in [0.1, 0.15) is 18.2 Å². The van der Waals surface area contributed by atoms with E-state index < -0.39 is 0 Å². The van der Waals surface area contributed by atoms with Gasteiger partial charge in [0.15, 0.2) is 0 Å². The number of nitrogens with two attached hydrogens (primary N) is 1. The zero-order valence-corrected chi connectivity index (χ0v) is 12.8. The minimum Gasteiger partial charge on any atom is -0.492 e. The van der Waals surface area contributed by atoms with Crippen molar-refractivity contribution in [2.75, 3.05) is 18.5 Å². The summed E-state index contributed by atoms with van der Waals surface area (Å²) in [7, 11) is 0. The normalized spacial score (nSPS) is 11.4. The molecule has 0 fully saturated rings. The van der Waals surface area contributed by atoms with Crippen molar-refractivity contribution in [3.63, 3.8) is 0 Å². The lowest BCUT2D eigenvalue weighted by atomic mass is 9.96. The second-order valence-corrected chi connectivity index (χ2v) is 6.21. The van der Waals surface area contributed by atoms with Crippen LogP contribution < -0.4 is 15.8 Å². The van der Waals surface area contributed by atoms with E-state index >= 15 is 0 Å². The molecule has 2 aromatic rings. The number of anilines is 2. The van der Waals surface area contributed by atoms with Gasteiger partial charge in [-0.2, -0.15) is 4.37 Å². The van der Waals surface area contributed by atoms with E-state index in [0.717, 1.165) is 22.4 Å². The van der Waals surface area contributed by atoms with Crippen LogP contribution in [0.15, 0.2) is 24.3 Å². The quantitative estimate of drug-likeness (QED) is 0.886. The molecule has 0 aliphatic heterocycles. The van der Waals surface area contributed by atoms with Crippen LogP contribution in [-0.4, -0.2) is 22.5 Å². The lowest BCUT2D eigenvalue weighted by Crippen LogP contribution is -2.13. The molecular formula is C14H20N4OS. The van der Waals surface area contributed by atoms with Gasteiger partial charge in [0.05, 0.1) is 0 Å². The maximum absolute atomic E-state index is 5.43. The molecule has 6 heteroatoms. The maximum Gasteiger partial charge on any atom is 0.207 e. The van der Waals surface area contributed by atoms with Crippen LogP contribution in [0.2, 0.25) is 0 Å². The highest BCUT2D eigenvalue weighted by Gasteiger charge is 2.19. The van der Waals surface area contributed by atoms with Crippen LogP contribution in [0.3, 0.4) is 0 Å². The van der Waals surface area contributed by atoms with E-state index in [1.807, 2.05) is 24.3 Å². The van der Waals surface area contributed by atoms with Gasteiger partial charge < -0.3 is 15.8 Å². The summed E-state index contributed by atoms with van der Waals surface area (Å²) in [6.45, 7) is 7.34. The fourth-order valence-electron chi connectivity index (χ4n) is 1.51. The van der Waals surface area contributed by atoms with Gasteiger partial charge in [-0.15, -0.1) is 0 Å². The van der Waals surface area contributed by atoms with Gasteiger partial charge in [-0.3, -0.25) is 0 Å². The number of hydrogen-bond donors (Lipinski definition) is 2. The number of rotatable bonds is 5. The summed E-state index contributed by atoms with van der Waals surface area (Å²) < 4.78 is 9.80. The Kier molecular flexibility index (Phi) is 4.57. The van der Waals surface area contributed by atoms with Gasteiger partial charge in [-0.1, -0.05) is 20.8 Å². The van der Waals surface area contributed by atoms with Crippen LogP contribution in [-0.2, 0) is 5.41 Å². The standard InChI is InChI=1S/C14H20N4OS/c1-14(2,3)12-17-13(20-18-12)16-10-4-6-11(7-5-10)19-9-8-15/h4-7H,8-9,15H2,1-3H3,(H,16,17,18). The molecular weight excluding hydrogens is 272 g/mol. The first-order valence-corrected chi connectivity index (χ1v) is 7.30. The summed E-state index contributed by atoms with van der Waals surface area (Å²) in [6, 6.07) is 7.71. The fraction of sp³-hybridized carbons (Fsp3) is 0.429. The van der Waals surface area contributed by atoms with Crippen molar-refractivity contribution in [2.45, 2.75) is 26.2 Å². The lowest BCUT2D eigenvalue weighted by Gasteiger charge is -2.12. The monoisotopic (exact) mass is 292 g/mol. The second-order valence-electron chi connectivity index (χ2n) is 5.46. The SMILES string of the molecule is CC(C)(C)c1nsc(Nc2ccc(OCCN)cc2)n1. The molecule has 1 heterocycles. The van der Waals surface area contributed by atoms with Gasteiger partial charge in [-0.05, 0) is 24.3 Å². The van der Waals surface area contributed by atoms with Crippen LogP contribution in [0.4, 0.5) is 10.8 Å². The number of aromatic nitrogens is 2. The first-order chi connectivity index (χ1) is 9.49. The highest BCUT2D eigenvalue weighted by molar-refractivity contribution is 7.09. The van der Waals surface area contributed by atoms with Crippen LogP contribution >= 0.6 is 11.5 Å². The molecule has 3 N–H and O–H groups in total. The molecule has 0 spiro atoms. The van der Waals surface area contributed by atoms with Crippen LogP contribution in [0.25, 0.3) is 0 Å². The van der Waals surface area contributed by atoms with Gasteiger partial charge in [-0.25, -0.2) is 4.98 Å². The third kappa shape index (κ3) is 3.91. The van der Waals surface area contributed by atoms with Gasteiger partial charge in [0.25, 0.3) is 0 Å². The molecule has 5 nitrogen and oxygen atoms in total. The van der Waals surface area contributed by atoms with Crippen LogP contribution in [0.1, 0.15) is 26.6 Å². The zero-order chi connectivity index (χ0) is 14.6. The van der Waals surface area contributed by atoms with E-state index in [9.17, 15) is 0 Å². The molecule has 0 unspecified atom stereocenters. The van der Waals surface area contributed by atoms with E-state index in [1.54, 1.807) is 0 Å². The first-order valence-electron chi connectivity index (χ1n) is 6.53. The maximum atomic E-state index is 5.43. The molecule has 108 valence electrons. The number of benzene rings is 1. The molecule has 2 rings (SSSR count). The predicted octanol–water partition coefficient (Wildman–Crippen LogP) is 2.92. The van der Waals surface area contributed by atoms with E-state index in [-0.39, 0.29) is 5.41 Å². The highest BCUT2D eigenvalue weighted by atomic mass is 32.1. The summed E-state index contributed by atoms with van der Waals surface area (Å²) in [5, 5.41) is 4.04. The van der Waals surface area contributed by atoms with Crippen molar-refractivity contribution >= 4 is 22.4 Å². The van der Waals surface area contributed by atoms with Gasteiger partial charge >= 0.3 is 0 Å². The second kappa shape index (κ2) is 6.19. The first kappa shape index (κ1) is 14.7. The van der Waals surface area contributed by atoms with Gasteiger partial charge in [0.2, 0.25) is 5.13 Å². The molecule has 1 aromatic carbocycles. The molecule has 0 saturated heterocycles. The number of ether oxygens (including phenoxy) is 1. The van der Waals surface area contributed by atoms with E-state index in [2.05, 4.69) is 35.4 Å². The minimum atomic E-state index is -0.0314. The Balaban J connectivity index is 2.01. The average Bonchev–Trinajstić information content (AvgIpc) is 2.86. The zero-order valence-electron chi connectivity index (χ0n) is 12.0. The Hall–Kier alpha value is -1.66. The summed E-state index contributed by atoms with van der Waals surface area (Å²) in [4.78, 5) is 4.50. The topological polar surface area (TPSA) is 73.1 Å². The Bertz CT molecular complexity index is 545. The predicted molar refractivity (Wildman–Crippen MR) is 82.9 cm³/mol. The fourth-order valence-corrected chi connectivity index (χ4v) is 2.29. The van der Waals surface area contributed by atoms with E-state index in [0.29, 0.717) is 13.2 Å². The third-order valence-corrected chi connectivity index (χ3v) is 3.22. The molecule has 0 aliphatic carbocycles. The van der Waals surface area contributed by atoms with E-state index in [4.69, 9.17) is 10.5 Å². The summed E-state index contributed by atoms with van der Waals surface area (Å²) in [5.41, 5.74) is 6.32. The number of hydrogen-bond acceptors (Lipinski definition) is 6. The van der Waals surface area contributed by atoms with Crippen molar-refractivity contribution in [3.8, 4) is 5.75 Å². The minimum absolute atomic E-state index is 0.0314. The Morgan fingerprint density at radius 3 is 2.50 bits per heavy atom. The van der Waals surface area contributed by atoms with Gasteiger partial charge in [0, 0.05) is 29.2 Å². The Labute approximate surface area is 123 Å². The largest absolute Gasteiger partial charge is 0.492 e. The smallest absolute Gasteiger partial charge is 0.207 e. The molecule has 0 bridgehead atoms. The lowest BCUT2D eigenvalue weighted by molar-refractivity contribution is 0.328. The molecule has 0 saturated carbocycles. The molecule has 0 radical (unpaired) electrons. The number of nitrogens with zero attached hydrogens (tertiary/aromatic N) is 2. The highest BCUT2D eigenvalue weighted by Crippen LogP contribution is 2.25. The molecule has 0 aliphatic rings. The third-order valence-electron chi connectivity index (χ3n) is 2.59. The Morgan fingerprint density at radius 1 is 1.25 bits per heavy atom. The van der Waals surface area contributed by atoms with Crippen molar-refractivity contribution in [3.05, 3.63) is 30.1 Å². The van der Waals surface area contributed by atoms with Crippen molar-refractivity contribution in [1.82, 2.24) is 9.36 Å². The molecule has 0 atom stereocenters. The van der Waals surface area contributed by atoms with E-state index in [1.165, 1.54) is 11.5 Å². The van der Waals surface area contributed by atoms with Crippen molar-refractivity contribution in [1.29, 1.82) is 0 Å². The molecule has 1 aromatic heterocycles.